The molecule has 0 saturated carbocycles. The maximum Gasteiger partial charge on any atom is 0.332 e. The molecule has 0 N–H and O–H groups in total. The monoisotopic (exact) mass is 366 g/mol. The molecule has 3 heterocycles. The van der Waals surface area contributed by atoms with Gasteiger partial charge in [0, 0.05) is 32.6 Å². The van der Waals surface area contributed by atoms with Crippen LogP contribution in [-0.4, -0.2) is 28.8 Å². The van der Waals surface area contributed by atoms with Gasteiger partial charge in [-0.15, -0.1) is 0 Å². The van der Waals surface area contributed by atoms with Crippen LogP contribution < -0.4 is 11.2 Å². The molecule has 9 heteroatoms. The maximum atomic E-state index is 12.4. The van der Waals surface area contributed by atoms with E-state index in [-0.39, 0.29) is 5.56 Å². The molecule has 0 saturated heterocycles. The Morgan fingerprint density at radius 3 is 2.63 bits per heavy atom. The number of hydrogen-bond donors (Lipinski definition) is 0. The predicted molar refractivity (Wildman–Crippen MR) is 98.3 cm³/mol. The van der Waals surface area contributed by atoms with E-state index < -0.39 is 5.69 Å². The van der Waals surface area contributed by atoms with Crippen LogP contribution in [0.4, 0.5) is 0 Å². The highest BCUT2D eigenvalue weighted by atomic mass is 16.5. The third-order valence-electron chi connectivity index (χ3n) is 4.51. The second-order valence-electron chi connectivity index (χ2n) is 6.30. The first-order valence-corrected chi connectivity index (χ1v) is 8.55. The number of hydrogen-bond acceptors (Lipinski definition) is 6. The molecule has 0 atom stereocenters. The zero-order valence-corrected chi connectivity index (χ0v) is 15.0. The number of nitrogens with zero attached hydrogens (tertiary/aromatic N) is 6. The van der Waals surface area contributed by atoms with Crippen molar-refractivity contribution in [2.75, 3.05) is 0 Å². The highest BCUT2D eigenvalue weighted by molar-refractivity contribution is 5.69. The van der Waals surface area contributed by atoms with Gasteiger partial charge in [0.1, 0.15) is 0 Å². The van der Waals surface area contributed by atoms with Gasteiger partial charge in [-0.25, -0.2) is 9.78 Å². The lowest BCUT2D eigenvalue weighted by Gasteiger charge is -2.05. The van der Waals surface area contributed by atoms with Crippen molar-refractivity contribution in [3.8, 4) is 11.5 Å². The fourth-order valence-electron chi connectivity index (χ4n) is 3.03. The van der Waals surface area contributed by atoms with E-state index in [1.54, 1.807) is 17.9 Å². The largest absolute Gasteiger partial charge is 0.334 e. The van der Waals surface area contributed by atoms with Crippen LogP contribution in [0.15, 0.2) is 50.8 Å². The Bertz CT molecular complexity index is 1220. The highest BCUT2D eigenvalue weighted by Gasteiger charge is 2.14. The van der Waals surface area contributed by atoms with E-state index in [0.717, 1.165) is 10.1 Å². The van der Waals surface area contributed by atoms with Crippen molar-refractivity contribution < 1.29 is 4.52 Å². The van der Waals surface area contributed by atoms with Gasteiger partial charge >= 0.3 is 5.69 Å². The Hall–Kier alpha value is -3.49. The Morgan fingerprint density at radius 2 is 1.85 bits per heavy atom. The van der Waals surface area contributed by atoms with Gasteiger partial charge in [-0.2, -0.15) is 4.98 Å². The summed E-state index contributed by atoms with van der Waals surface area (Å²) in [4.78, 5) is 33.0. The van der Waals surface area contributed by atoms with Gasteiger partial charge in [-0.3, -0.25) is 13.9 Å². The molecule has 9 nitrogen and oxygen atoms in total. The van der Waals surface area contributed by atoms with Crippen LogP contribution in [0.25, 0.3) is 22.6 Å². The smallest absolute Gasteiger partial charge is 0.332 e. The molecule has 0 spiro atoms. The highest BCUT2D eigenvalue weighted by Crippen LogP contribution is 2.16. The molecule has 4 aromatic rings. The van der Waals surface area contributed by atoms with Crippen LogP contribution >= 0.6 is 0 Å². The molecule has 27 heavy (non-hydrogen) atoms. The number of benzene rings is 1. The Morgan fingerprint density at radius 1 is 1.07 bits per heavy atom. The predicted octanol–water partition coefficient (Wildman–Crippen LogP) is 1.12. The summed E-state index contributed by atoms with van der Waals surface area (Å²) in [6.45, 7) is 0.555. The minimum atomic E-state index is -0.391. The number of rotatable bonds is 5. The fraction of sp³-hybridized carbons (Fsp3) is 0.278. The summed E-state index contributed by atoms with van der Waals surface area (Å²) in [6, 6.07) is 9.58. The van der Waals surface area contributed by atoms with Gasteiger partial charge in [-0.05, 0) is 18.6 Å². The normalized spacial score (nSPS) is 11.3. The van der Waals surface area contributed by atoms with E-state index in [9.17, 15) is 9.59 Å². The second-order valence-corrected chi connectivity index (χ2v) is 6.30. The van der Waals surface area contributed by atoms with Crippen molar-refractivity contribution in [1.29, 1.82) is 0 Å². The first kappa shape index (κ1) is 17.0. The molecular weight excluding hydrogens is 348 g/mol. The van der Waals surface area contributed by atoms with Crippen LogP contribution in [0.3, 0.4) is 0 Å². The summed E-state index contributed by atoms with van der Waals surface area (Å²) >= 11 is 0. The second kappa shape index (κ2) is 6.67. The van der Waals surface area contributed by atoms with Gasteiger partial charge in [0.15, 0.2) is 17.0 Å². The van der Waals surface area contributed by atoms with E-state index in [2.05, 4.69) is 15.1 Å². The van der Waals surface area contributed by atoms with E-state index in [1.165, 1.54) is 11.6 Å². The minimum Gasteiger partial charge on any atom is -0.334 e. The zero-order valence-electron chi connectivity index (χ0n) is 15.0. The molecule has 0 aliphatic heterocycles. The van der Waals surface area contributed by atoms with Gasteiger partial charge < -0.3 is 9.09 Å². The molecule has 0 fully saturated rings. The molecule has 138 valence electrons. The van der Waals surface area contributed by atoms with Crippen LogP contribution in [-0.2, 0) is 27.1 Å². The molecule has 0 bridgehead atoms. The average Bonchev–Trinajstić information content (AvgIpc) is 3.33. The lowest BCUT2D eigenvalue weighted by Crippen LogP contribution is -2.37. The van der Waals surface area contributed by atoms with Crippen LogP contribution in [0.1, 0.15) is 12.2 Å². The van der Waals surface area contributed by atoms with E-state index in [1.807, 2.05) is 30.3 Å². The van der Waals surface area contributed by atoms with Crippen LogP contribution in [0.5, 0.6) is 0 Å². The van der Waals surface area contributed by atoms with Crippen molar-refractivity contribution in [2.24, 2.45) is 14.1 Å². The summed E-state index contributed by atoms with van der Waals surface area (Å²) in [5.74, 6) is 1.10. The lowest BCUT2D eigenvalue weighted by atomic mass is 10.2. The van der Waals surface area contributed by atoms with Crippen molar-refractivity contribution >= 4 is 11.2 Å². The fourth-order valence-corrected chi connectivity index (χ4v) is 3.03. The van der Waals surface area contributed by atoms with Crippen LogP contribution in [0.2, 0.25) is 0 Å². The molecule has 0 amide bonds. The molecule has 4 rings (SSSR count). The summed E-state index contributed by atoms with van der Waals surface area (Å²) < 4.78 is 9.52. The molecular formula is C18H18N6O3. The third-order valence-corrected chi connectivity index (χ3v) is 4.51. The number of aryl methyl sites for hydroxylation is 3. The van der Waals surface area contributed by atoms with Crippen molar-refractivity contribution in [2.45, 2.75) is 19.4 Å². The summed E-state index contributed by atoms with van der Waals surface area (Å²) in [5.41, 5.74) is 0.933. The quantitative estimate of drug-likeness (QED) is 0.525. The minimum absolute atomic E-state index is 0.350. The van der Waals surface area contributed by atoms with Crippen molar-refractivity contribution in [3.63, 3.8) is 0 Å². The average molecular weight is 366 g/mol. The topological polar surface area (TPSA) is 101 Å². The third kappa shape index (κ3) is 2.97. The van der Waals surface area contributed by atoms with Gasteiger partial charge in [-0.1, -0.05) is 23.4 Å². The number of imidazole rings is 1. The summed E-state index contributed by atoms with van der Waals surface area (Å²) in [5, 5.41) is 4.01. The van der Waals surface area contributed by atoms with Crippen molar-refractivity contribution in [3.05, 3.63) is 63.3 Å². The van der Waals surface area contributed by atoms with Crippen LogP contribution in [0, 0.1) is 0 Å². The van der Waals surface area contributed by atoms with Gasteiger partial charge in [0.2, 0.25) is 0 Å². The van der Waals surface area contributed by atoms with Crippen molar-refractivity contribution in [1.82, 2.24) is 28.8 Å². The van der Waals surface area contributed by atoms with E-state index >= 15 is 0 Å². The lowest BCUT2D eigenvalue weighted by molar-refractivity contribution is 0.420. The molecule has 0 aliphatic carbocycles. The Labute approximate surface area is 153 Å². The zero-order chi connectivity index (χ0) is 19.0. The summed E-state index contributed by atoms with van der Waals surface area (Å²) in [6.07, 6.45) is 2.88. The Balaban J connectivity index is 1.51. The number of aromatic nitrogens is 6. The first-order valence-electron chi connectivity index (χ1n) is 8.55. The van der Waals surface area contributed by atoms with Gasteiger partial charge in [0.05, 0.1) is 6.33 Å². The maximum absolute atomic E-state index is 12.4. The Kier molecular flexibility index (Phi) is 4.19. The van der Waals surface area contributed by atoms with E-state index in [0.29, 0.717) is 42.3 Å². The SMILES string of the molecule is Cn1c(=O)c2c(ncn2CCCc2noc(-c3ccccc3)n2)n(C)c1=O. The molecule has 0 unspecified atom stereocenters. The molecule has 3 aromatic heterocycles. The molecule has 1 aromatic carbocycles. The molecule has 0 radical (unpaired) electrons. The standard InChI is InChI=1S/C18H18N6O3/c1-22-15-14(17(25)23(2)18(22)26)24(11-19-15)10-6-9-13-20-16(27-21-13)12-7-4-3-5-8-12/h3-5,7-8,11H,6,9-10H2,1-2H3. The summed E-state index contributed by atoms with van der Waals surface area (Å²) in [7, 11) is 3.07. The van der Waals surface area contributed by atoms with E-state index in [4.69, 9.17) is 4.52 Å². The molecule has 0 aliphatic rings. The van der Waals surface area contributed by atoms with Gasteiger partial charge in [0.25, 0.3) is 11.4 Å². The number of fused-ring (bicyclic) bond motifs is 1. The first-order chi connectivity index (χ1) is 13.1.